The van der Waals surface area contributed by atoms with Gasteiger partial charge in [-0.2, -0.15) is 15.8 Å². The molecule has 1 heterocycles. The molecule has 0 saturated carbocycles. The van der Waals surface area contributed by atoms with Gasteiger partial charge in [0, 0.05) is 30.3 Å². The van der Waals surface area contributed by atoms with E-state index in [4.69, 9.17) is 15.2 Å². The molecule has 2 aliphatic rings. The van der Waals surface area contributed by atoms with Crippen molar-refractivity contribution in [1.82, 2.24) is 4.90 Å². The topological polar surface area (TPSA) is 136 Å². The normalized spacial score (nSPS) is 20.9. The Labute approximate surface area is 210 Å². The first-order chi connectivity index (χ1) is 17.1. The third kappa shape index (κ3) is 3.80. The molecular formula is C28H27N5O3. The Hall–Kier alpha value is -4.48. The molecule has 0 unspecified atom stereocenters. The molecule has 0 aromatic heterocycles. The molecule has 8 heteroatoms. The zero-order chi connectivity index (χ0) is 26.3. The van der Waals surface area contributed by atoms with Gasteiger partial charge in [-0.05, 0) is 43.4 Å². The second kappa shape index (κ2) is 8.95. The van der Waals surface area contributed by atoms with Crippen molar-refractivity contribution < 1.29 is 14.3 Å². The molecule has 36 heavy (non-hydrogen) atoms. The molecule has 4 rings (SSSR count). The summed E-state index contributed by atoms with van der Waals surface area (Å²) in [7, 11) is 1.58. The molecule has 0 spiro atoms. The lowest BCUT2D eigenvalue weighted by Crippen LogP contribution is -2.50. The van der Waals surface area contributed by atoms with Gasteiger partial charge in [0.05, 0.1) is 30.5 Å². The van der Waals surface area contributed by atoms with Gasteiger partial charge >= 0.3 is 6.09 Å². The van der Waals surface area contributed by atoms with Crippen molar-refractivity contribution in [2.24, 2.45) is 17.1 Å². The van der Waals surface area contributed by atoms with Gasteiger partial charge in [0.1, 0.15) is 17.4 Å². The van der Waals surface area contributed by atoms with Gasteiger partial charge in [0.2, 0.25) is 0 Å². The number of benzene rings is 2. The van der Waals surface area contributed by atoms with E-state index in [2.05, 4.69) is 18.2 Å². The number of hydrogen-bond acceptors (Lipinski definition) is 7. The Kier molecular flexibility index (Phi) is 6.12. The lowest BCUT2D eigenvalue weighted by atomic mass is 9.57. The number of allylic oxidation sites excluding steroid dienone is 2. The van der Waals surface area contributed by atoms with Crippen LogP contribution in [0.5, 0.6) is 5.75 Å². The van der Waals surface area contributed by atoms with E-state index < -0.39 is 28.9 Å². The maximum atomic E-state index is 13.0. The zero-order valence-electron chi connectivity index (χ0n) is 20.7. The van der Waals surface area contributed by atoms with Crippen LogP contribution < -0.4 is 10.5 Å². The Balaban J connectivity index is 1.98. The van der Waals surface area contributed by atoms with Crippen LogP contribution in [-0.4, -0.2) is 36.8 Å². The van der Waals surface area contributed by atoms with E-state index in [0.29, 0.717) is 11.3 Å². The molecule has 182 valence electrons. The number of carbonyl (C=O) groups excluding carboxylic acids is 1. The van der Waals surface area contributed by atoms with E-state index in [-0.39, 0.29) is 24.4 Å². The fourth-order valence-corrected chi connectivity index (χ4v) is 5.24. The second-order valence-electron chi connectivity index (χ2n) is 9.96. The van der Waals surface area contributed by atoms with Crippen LogP contribution in [0, 0.1) is 45.3 Å². The lowest BCUT2D eigenvalue weighted by Gasteiger charge is -2.45. The average molecular weight is 482 g/mol. The van der Waals surface area contributed by atoms with Gasteiger partial charge in [-0.1, -0.05) is 36.4 Å². The highest BCUT2D eigenvalue weighted by atomic mass is 16.6. The molecule has 1 aliphatic heterocycles. The maximum absolute atomic E-state index is 13.0. The van der Waals surface area contributed by atoms with Crippen molar-refractivity contribution in [1.29, 1.82) is 15.8 Å². The third-order valence-electron chi connectivity index (χ3n) is 6.79. The van der Waals surface area contributed by atoms with Crippen molar-refractivity contribution >= 4 is 16.9 Å². The van der Waals surface area contributed by atoms with Crippen molar-refractivity contribution in [2.75, 3.05) is 20.2 Å². The number of methoxy groups -OCH3 is 1. The predicted octanol–water partition coefficient (Wildman–Crippen LogP) is 4.51. The first-order valence-corrected chi connectivity index (χ1v) is 11.6. The molecule has 2 atom stereocenters. The van der Waals surface area contributed by atoms with E-state index in [1.807, 2.05) is 30.3 Å². The van der Waals surface area contributed by atoms with Gasteiger partial charge < -0.3 is 20.1 Å². The Morgan fingerprint density at radius 2 is 1.78 bits per heavy atom. The number of hydrogen-bond donors (Lipinski definition) is 1. The summed E-state index contributed by atoms with van der Waals surface area (Å²) in [6, 6.07) is 17.6. The van der Waals surface area contributed by atoms with Crippen molar-refractivity contribution in [3.8, 4) is 24.0 Å². The number of nitrogens with two attached hydrogens (primary N) is 1. The Bertz CT molecular complexity index is 1410. The maximum Gasteiger partial charge on any atom is 0.410 e. The summed E-state index contributed by atoms with van der Waals surface area (Å²) >= 11 is 0. The van der Waals surface area contributed by atoms with E-state index in [0.717, 1.165) is 16.3 Å². The minimum Gasteiger partial charge on any atom is -0.496 e. The summed E-state index contributed by atoms with van der Waals surface area (Å²) in [5.41, 5.74) is 5.36. The van der Waals surface area contributed by atoms with Gasteiger partial charge in [0.25, 0.3) is 0 Å². The molecule has 2 aromatic rings. The van der Waals surface area contributed by atoms with Gasteiger partial charge in [0.15, 0.2) is 5.41 Å². The number of fused-ring (bicyclic) bond motifs is 2. The summed E-state index contributed by atoms with van der Waals surface area (Å²) in [5.74, 6) is -0.637. The highest BCUT2D eigenvalue weighted by Gasteiger charge is 2.55. The van der Waals surface area contributed by atoms with E-state index in [1.165, 1.54) is 4.90 Å². The zero-order valence-corrected chi connectivity index (χ0v) is 20.7. The number of rotatable bonds is 2. The molecule has 0 fully saturated rings. The minimum atomic E-state index is -1.82. The minimum absolute atomic E-state index is 0.0619. The quantitative estimate of drug-likeness (QED) is 0.666. The van der Waals surface area contributed by atoms with Crippen LogP contribution in [0.1, 0.15) is 32.3 Å². The first kappa shape index (κ1) is 24.6. The van der Waals surface area contributed by atoms with Crippen LogP contribution in [0.4, 0.5) is 4.79 Å². The Morgan fingerprint density at radius 3 is 2.36 bits per heavy atom. The van der Waals surface area contributed by atoms with Crippen LogP contribution in [0.15, 0.2) is 59.3 Å². The first-order valence-electron chi connectivity index (χ1n) is 11.6. The summed E-state index contributed by atoms with van der Waals surface area (Å²) in [6.07, 6.45) is 1.28. The molecule has 0 bridgehead atoms. The van der Waals surface area contributed by atoms with Crippen LogP contribution in [0.25, 0.3) is 10.8 Å². The number of nitriles is 3. The van der Waals surface area contributed by atoms with Crippen molar-refractivity contribution in [3.63, 3.8) is 0 Å². The summed E-state index contributed by atoms with van der Waals surface area (Å²) in [6.45, 7) is 5.75. The molecule has 1 aliphatic carbocycles. The van der Waals surface area contributed by atoms with Gasteiger partial charge in [-0.15, -0.1) is 0 Å². The van der Waals surface area contributed by atoms with Crippen LogP contribution in [0.3, 0.4) is 0 Å². The highest BCUT2D eigenvalue weighted by molar-refractivity contribution is 5.92. The lowest BCUT2D eigenvalue weighted by molar-refractivity contribution is 0.0225. The monoisotopic (exact) mass is 481 g/mol. The van der Waals surface area contributed by atoms with Gasteiger partial charge in [-0.25, -0.2) is 4.79 Å². The SMILES string of the molecule is COc1ccc([C@@H]2[C@@H]3CN(C(=O)OC(C)(C)C)CC=C3C(C#N)=C(N)C2(C#N)C#N)c2ccccc12. The third-order valence-corrected chi connectivity index (χ3v) is 6.79. The van der Waals surface area contributed by atoms with Crippen LogP contribution >= 0.6 is 0 Å². The molecule has 0 radical (unpaired) electrons. The molecule has 8 nitrogen and oxygen atoms in total. The summed E-state index contributed by atoms with van der Waals surface area (Å²) in [4.78, 5) is 14.5. The predicted molar refractivity (Wildman–Crippen MR) is 133 cm³/mol. The fraction of sp³-hybridized carbons (Fsp3) is 0.357. The molecule has 2 N–H and O–H groups in total. The number of amides is 1. The summed E-state index contributed by atoms with van der Waals surface area (Å²) in [5, 5.41) is 32.4. The fourth-order valence-electron chi connectivity index (χ4n) is 5.24. The molecule has 0 saturated heterocycles. The standard InChI is InChI=1S/C28H27N5O3/c1-27(2,3)36-26(34)33-12-11-18-21(13-29)25(32)28(15-30,16-31)24(22(18)14-33)20-9-10-23(35-4)19-8-6-5-7-17(19)20/h5-11,22,24H,12,14,32H2,1-4H3/t22-,24-/m1/s1. The van der Waals surface area contributed by atoms with Crippen molar-refractivity contribution in [3.05, 3.63) is 64.9 Å². The molecule has 2 aromatic carbocycles. The number of nitrogens with zero attached hydrogens (tertiary/aromatic N) is 4. The number of ether oxygens (including phenoxy) is 2. The largest absolute Gasteiger partial charge is 0.496 e. The van der Waals surface area contributed by atoms with E-state index in [9.17, 15) is 20.6 Å². The smallest absolute Gasteiger partial charge is 0.410 e. The number of carbonyl (C=O) groups is 1. The molecular weight excluding hydrogens is 454 g/mol. The summed E-state index contributed by atoms with van der Waals surface area (Å²) < 4.78 is 11.1. The van der Waals surface area contributed by atoms with Crippen LogP contribution in [-0.2, 0) is 4.74 Å². The van der Waals surface area contributed by atoms with Crippen LogP contribution in [0.2, 0.25) is 0 Å². The Morgan fingerprint density at radius 1 is 1.11 bits per heavy atom. The van der Waals surface area contributed by atoms with E-state index >= 15 is 0 Å². The highest BCUT2D eigenvalue weighted by Crippen LogP contribution is 2.55. The molecule has 1 amide bonds. The average Bonchev–Trinajstić information content (AvgIpc) is 2.86. The van der Waals surface area contributed by atoms with Crippen molar-refractivity contribution in [2.45, 2.75) is 32.3 Å². The van der Waals surface area contributed by atoms with E-state index in [1.54, 1.807) is 40.0 Å². The van der Waals surface area contributed by atoms with Gasteiger partial charge in [-0.3, -0.25) is 0 Å². The second-order valence-corrected chi connectivity index (χ2v) is 9.96.